The SMILES string of the molecule is COc1ccccc1C(CNC(=O)CCC(=O)c1ccc(C)c(C)c1)N(C)C. The van der Waals surface area contributed by atoms with Crippen LogP contribution in [0.1, 0.15) is 45.9 Å². The first-order valence-electron chi connectivity index (χ1n) is 9.50. The number of hydrogen-bond acceptors (Lipinski definition) is 4. The zero-order chi connectivity index (χ0) is 20.7. The molecule has 0 bridgehead atoms. The molecule has 0 aliphatic rings. The maximum atomic E-state index is 12.4. The van der Waals surface area contributed by atoms with Gasteiger partial charge in [0, 0.05) is 30.5 Å². The average Bonchev–Trinajstić information content (AvgIpc) is 2.68. The molecule has 1 atom stereocenters. The molecule has 0 aliphatic heterocycles. The molecule has 1 amide bonds. The normalized spacial score (nSPS) is 11.9. The van der Waals surface area contributed by atoms with Crippen molar-refractivity contribution in [1.82, 2.24) is 10.2 Å². The van der Waals surface area contributed by atoms with Gasteiger partial charge in [0.25, 0.3) is 0 Å². The Kier molecular flexibility index (Phi) is 7.76. The number of carbonyl (C=O) groups is 2. The van der Waals surface area contributed by atoms with Gasteiger partial charge in [-0.05, 0) is 51.2 Å². The minimum atomic E-state index is -0.126. The van der Waals surface area contributed by atoms with Gasteiger partial charge >= 0.3 is 0 Å². The number of carbonyl (C=O) groups excluding carboxylic acids is 2. The standard InChI is InChI=1S/C23H30N2O3/c1-16-10-11-18(14-17(16)2)21(26)12-13-23(27)24-15-20(25(3)4)19-8-6-7-9-22(19)28-5/h6-11,14,20H,12-13,15H2,1-5H3,(H,24,27). The summed E-state index contributed by atoms with van der Waals surface area (Å²) in [5.41, 5.74) is 3.92. The summed E-state index contributed by atoms with van der Waals surface area (Å²) >= 11 is 0. The molecule has 150 valence electrons. The Morgan fingerprint density at radius 3 is 2.39 bits per heavy atom. The summed E-state index contributed by atoms with van der Waals surface area (Å²) in [6, 6.07) is 13.4. The first-order chi connectivity index (χ1) is 13.3. The third-order valence-corrected chi connectivity index (χ3v) is 5.02. The second-order valence-corrected chi connectivity index (χ2v) is 7.25. The van der Waals surface area contributed by atoms with Crippen LogP contribution in [0.25, 0.3) is 0 Å². The van der Waals surface area contributed by atoms with Crippen LogP contribution >= 0.6 is 0 Å². The Hall–Kier alpha value is -2.66. The molecular formula is C23H30N2O3. The second-order valence-electron chi connectivity index (χ2n) is 7.25. The van der Waals surface area contributed by atoms with Crippen LogP contribution in [0.3, 0.4) is 0 Å². The average molecular weight is 383 g/mol. The monoisotopic (exact) mass is 382 g/mol. The number of ether oxygens (including phenoxy) is 1. The molecule has 0 aromatic heterocycles. The lowest BCUT2D eigenvalue weighted by atomic mass is 10.0. The fraction of sp³-hybridized carbons (Fsp3) is 0.391. The number of hydrogen-bond donors (Lipinski definition) is 1. The van der Waals surface area contributed by atoms with Crippen molar-refractivity contribution in [3.63, 3.8) is 0 Å². The molecule has 2 rings (SSSR count). The molecule has 5 nitrogen and oxygen atoms in total. The highest BCUT2D eigenvalue weighted by Gasteiger charge is 2.19. The number of likely N-dealkylation sites (N-methyl/N-ethyl adjacent to an activating group) is 1. The fourth-order valence-electron chi connectivity index (χ4n) is 3.10. The maximum absolute atomic E-state index is 12.4. The van der Waals surface area contributed by atoms with Gasteiger partial charge in [0.2, 0.25) is 5.91 Å². The smallest absolute Gasteiger partial charge is 0.220 e. The van der Waals surface area contributed by atoms with Crippen LogP contribution in [-0.4, -0.2) is 44.3 Å². The Balaban J connectivity index is 1.92. The van der Waals surface area contributed by atoms with Crippen LogP contribution in [0, 0.1) is 13.8 Å². The second kappa shape index (κ2) is 10.0. The third-order valence-electron chi connectivity index (χ3n) is 5.02. The van der Waals surface area contributed by atoms with Crippen molar-refractivity contribution in [1.29, 1.82) is 0 Å². The van der Waals surface area contributed by atoms with Crippen LogP contribution in [-0.2, 0) is 4.79 Å². The highest BCUT2D eigenvalue weighted by molar-refractivity contribution is 5.98. The molecule has 0 spiro atoms. The number of nitrogens with zero attached hydrogens (tertiary/aromatic N) is 1. The molecule has 2 aromatic rings. The summed E-state index contributed by atoms with van der Waals surface area (Å²) in [4.78, 5) is 26.7. The Bertz CT molecular complexity index is 830. The van der Waals surface area contributed by atoms with Gasteiger partial charge in [-0.25, -0.2) is 0 Å². The van der Waals surface area contributed by atoms with Crippen molar-refractivity contribution in [2.75, 3.05) is 27.7 Å². The highest BCUT2D eigenvalue weighted by atomic mass is 16.5. The van der Waals surface area contributed by atoms with E-state index in [2.05, 4.69) is 5.32 Å². The minimum absolute atomic E-state index is 0.00728. The lowest BCUT2D eigenvalue weighted by Gasteiger charge is -2.26. The van der Waals surface area contributed by atoms with E-state index in [4.69, 9.17) is 4.74 Å². The van der Waals surface area contributed by atoms with E-state index in [9.17, 15) is 9.59 Å². The third kappa shape index (κ3) is 5.67. The van der Waals surface area contributed by atoms with E-state index in [0.717, 1.165) is 22.4 Å². The van der Waals surface area contributed by atoms with Gasteiger partial charge < -0.3 is 15.0 Å². The summed E-state index contributed by atoms with van der Waals surface area (Å²) < 4.78 is 5.45. The topological polar surface area (TPSA) is 58.6 Å². The number of methoxy groups -OCH3 is 1. The van der Waals surface area contributed by atoms with E-state index in [-0.39, 0.29) is 30.6 Å². The number of rotatable bonds is 9. The molecule has 0 fully saturated rings. The van der Waals surface area contributed by atoms with Crippen molar-refractivity contribution in [2.45, 2.75) is 32.7 Å². The molecule has 2 aromatic carbocycles. The zero-order valence-electron chi connectivity index (χ0n) is 17.4. The number of Topliss-reactive ketones (excluding diaryl/α,β-unsaturated/α-hetero) is 1. The van der Waals surface area contributed by atoms with Gasteiger partial charge in [0.05, 0.1) is 13.2 Å². The number of para-hydroxylation sites is 1. The number of benzene rings is 2. The van der Waals surface area contributed by atoms with Crippen LogP contribution in [0.4, 0.5) is 0 Å². The number of aryl methyl sites for hydroxylation is 2. The Labute approximate surface area is 167 Å². The maximum Gasteiger partial charge on any atom is 0.220 e. The van der Waals surface area contributed by atoms with Crippen molar-refractivity contribution in [2.24, 2.45) is 0 Å². The van der Waals surface area contributed by atoms with E-state index >= 15 is 0 Å². The minimum Gasteiger partial charge on any atom is -0.496 e. The molecule has 0 saturated heterocycles. The van der Waals surface area contributed by atoms with E-state index < -0.39 is 0 Å². The van der Waals surface area contributed by atoms with E-state index in [0.29, 0.717) is 12.1 Å². The number of amides is 1. The first kappa shape index (κ1) is 21.6. The van der Waals surface area contributed by atoms with Gasteiger partial charge in [-0.15, -0.1) is 0 Å². The Morgan fingerprint density at radius 1 is 1.04 bits per heavy atom. The van der Waals surface area contributed by atoms with E-state index in [1.165, 1.54) is 0 Å². The van der Waals surface area contributed by atoms with Crippen molar-refractivity contribution in [3.05, 3.63) is 64.7 Å². The molecule has 1 N–H and O–H groups in total. The summed E-state index contributed by atoms with van der Waals surface area (Å²) in [5.74, 6) is 0.659. The Morgan fingerprint density at radius 2 is 1.75 bits per heavy atom. The number of ketones is 1. The van der Waals surface area contributed by atoms with Gasteiger partial charge in [-0.1, -0.05) is 30.3 Å². The lowest BCUT2D eigenvalue weighted by molar-refractivity contribution is -0.121. The fourth-order valence-corrected chi connectivity index (χ4v) is 3.10. The highest BCUT2D eigenvalue weighted by Crippen LogP contribution is 2.27. The summed E-state index contributed by atoms with van der Waals surface area (Å²) in [5, 5.41) is 2.95. The molecule has 0 heterocycles. The summed E-state index contributed by atoms with van der Waals surface area (Å²) in [7, 11) is 5.57. The van der Waals surface area contributed by atoms with Gasteiger partial charge in [-0.2, -0.15) is 0 Å². The lowest BCUT2D eigenvalue weighted by Crippen LogP contribution is -2.34. The molecule has 0 aliphatic carbocycles. The molecule has 5 heteroatoms. The quantitative estimate of drug-likeness (QED) is 0.672. The van der Waals surface area contributed by atoms with E-state index in [1.54, 1.807) is 7.11 Å². The zero-order valence-corrected chi connectivity index (χ0v) is 17.4. The predicted octanol–water partition coefficient (Wildman–Crippen LogP) is 3.69. The van der Waals surface area contributed by atoms with Gasteiger partial charge in [0.1, 0.15) is 5.75 Å². The summed E-state index contributed by atoms with van der Waals surface area (Å²) in [6.07, 6.45) is 0.382. The molecular weight excluding hydrogens is 352 g/mol. The summed E-state index contributed by atoms with van der Waals surface area (Å²) in [6.45, 7) is 4.45. The van der Waals surface area contributed by atoms with Crippen molar-refractivity contribution in [3.8, 4) is 5.75 Å². The first-order valence-corrected chi connectivity index (χ1v) is 9.50. The molecule has 0 radical (unpaired) electrons. The molecule has 1 unspecified atom stereocenters. The molecule has 0 saturated carbocycles. The largest absolute Gasteiger partial charge is 0.496 e. The van der Waals surface area contributed by atoms with Crippen LogP contribution in [0.2, 0.25) is 0 Å². The van der Waals surface area contributed by atoms with Crippen molar-refractivity contribution >= 4 is 11.7 Å². The molecule has 28 heavy (non-hydrogen) atoms. The van der Waals surface area contributed by atoms with Crippen LogP contribution in [0.5, 0.6) is 5.75 Å². The van der Waals surface area contributed by atoms with E-state index in [1.807, 2.05) is 75.3 Å². The number of nitrogens with one attached hydrogen (secondary N) is 1. The van der Waals surface area contributed by atoms with Gasteiger partial charge in [-0.3, -0.25) is 9.59 Å². The van der Waals surface area contributed by atoms with Gasteiger partial charge in [0.15, 0.2) is 5.78 Å². The van der Waals surface area contributed by atoms with Crippen molar-refractivity contribution < 1.29 is 14.3 Å². The predicted molar refractivity (Wildman–Crippen MR) is 112 cm³/mol. The van der Waals surface area contributed by atoms with Crippen LogP contribution < -0.4 is 10.1 Å². The van der Waals surface area contributed by atoms with Crippen LogP contribution in [0.15, 0.2) is 42.5 Å².